The molecule has 0 amide bonds. The number of allylic oxidation sites excluding steroid dienone is 4. The molecule has 1 heterocycles. The third-order valence-electron chi connectivity index (χ3n) is 3.68. The van der Waals surface area contributed by atoms with Crippen LogP contribution in [0.3, 0.4) is 0 Å². The largest absolute Gasteiger partial charge is 0.478 e. The van der Waals surface area contributed by atoms with Crippen molar-refractivity contribution in [1.82, 2.24) is 0 Å². The van der Waals surface area contributed by atoms with Crippen molar-refractivity contribution in [2.75, 3.05) is 6.79 Å². The van der Waals surface area contributed by atoms with Crippen molar-refractivity contribution >= 4 is 12.0 Å². The Morgan fingerprint density at radius 3 is 2.54 bits per heavy atom. The third-order valence-corrected chi connectivity index (χ3v) is 3.68. The molecule has 4 heteroatoms. The zero-order valence-electron chi connectivity index (χ0n) is 13.8. The predicted molar refractivity (Wildman–Crippen MR) is 95.2 cm³/mol. The first-order valence-electron chi connectivity index (χ1n) is 8.38. The van der Waals surface area contributed by atoms with Crippen molar-refractivity contribution in [1.29, 1.82) is 0 Å². The van der Waals surface area contributed by atoms with E-state index < -0.39 is 5.97 Å². The van der Waals surface area contributed by atoms with E-state index in [1.807, 2.05) is 24.3 Å². The van der Waals surface area contributed by atoms with Gasteiger partial charge in [0.15, 0.2) is 11.5 Å². The molecule has 24 heavy (non-hydrogen) atoms. The normalized spacial score (nSPS) is 13.5. The van der Waals surface area contributed by atoms with E-state index in [-0.39, 0.29) is 0 Å². The molecule has 0 radical (unpaired) electrons. The molecule has 128 valence electrons. The Morgan fingerprint density at radius 1 is 1.00 bits per heavy atom. The number of aliphatic carboxylic acids is 1. The molecule has 0 aromatic heterocycles. The van der Waals surface area contributed by atoms with Crippen molar-refractivity contribution in [3.63, 3.8) is 0 Å². The maximum Gasteiger partial charge on any atom is 0.328 e. The molecular weight excluding hydrogens is 304 g/mol. The van der Waals surface area contributed by atoms with E-state index in [1.54, 1.807) is 12.2 Å². The standard InChI is InChI=1S/C20H24O4/c21-20(22)12-10-8-6-4-2-1-3-5-7-9-11-17-13-14-18-19(15-17)24-16-23-18/h6,8-15H,1-5,7,16H2,(H,21,22)/b8-6+,11-9+,12-10+. The van der Waals surface area contributed by atoms with Crippen LogP contribution in [0.4, 0.5) is 0 Å². The summed E-state index contributed by atoms with van der Waals surface area (Å²) < 4.78 is 10.7. The fourth-order valence-electron chi connectivity index (χ4n) is 2.43. The lowest BCUT2D eigenvalue weighted by molar-refractivity contribution is -0.131. The Morgan fingerprint density at radius 2 is 1.75 bits per heavy atom. The molecule has 1 aliphatic heterocycles. The van der Waals surface area contributed by atoms with Gasteiger partial charge >= 0.3 is 5.97 Å². The zero-order valence-corrected chi connectivity index (χ0v) is 13.8. The van der Waals surface area contributed by atoms with Gasteiger partial charge in [0.05, 0.1) is 0 Å². The van der Waals surface area contributed by atoms with Crippen LogP contribution in [0.25, 0.3) is 6.08 Å². The van der Waals surface area contributed by atoms with Crippen LogP contribution in [-0.2, 0) is 4.79 Å². The highest BCUT2D eigenvalue weighted by molar-refractivity contribution is 5.80. The zero-order chi connectivity index (χ0) is 17.0. The van der Waals surface area contributed by atoms with Gasteiger partial charge in [-0.1, -0.05) is 49.3 Å². The number of hydrogen-bond acceptors (Lipinski definition) is 3. The third kappa shape index (κ3) is 6.73. The summed E-state index contributed by atoms with van der Waals surface area (Å²) in [5, 5.41) is 8.43. The van der Waals surface area contributed by atoms with Crippen LogP contribution in [0.15, 0.2) is 48.6 Å². The van der Waals surface area contributed by atoms with Crippen LogP contribution in [0.5, 0.6) is 11.5 Å². The van der Waals surface area contributed by atoms with Crippen LogP contribution in [-0.4, -0.2) is 17.9 Å². The Labute approximate surface area is 143 Å². The van der Waals surface area contributed by atoms with Gasteiger partial charge < -0.3 is 14.6 Å². The first kappa shape index (κ1) is 17.9. The summed E-state index contributed by atoms with van der Waals surface area (Å²) in [7, 11) is 0. The number of hydrogen-bond donors (Lipinski definition) is 1. The number of benzene rings is 1. The summed E-state index contributed by atoms with van der Waals surface area (Å²) in [5.41, 5.74) is 1.14. The van der Waals surface area contributed by atoms with Gasteiger partial charge in [0.1, 0.15) is 0 Å². The van der Waals surface area contributed by atoms with Gasteiger partial charge in [-0.3, -0.25) is 0 Å². The molecular formula is C20H24O4. The van der Waals surface area contributed by atoms with Crippen molar-refractivity contribution in [3.05, 3.63) is 54.1 Å². The molecule has 0 aliphatic carbocycles. The van der Waals surface area contributed by atoms with Crippen molar-refractivity contribution in [3.8, 4) is 11.5 Å². The van der Waals surface area contributed by atoms with Gasteiger partial charge in [-0.2, -0.15) is 0 Å². The highest BCUT2D eigenvalue weighted by Gasteiger charge is 2.11. The predicted octanol–water partition coefficient (Wildman–Crippen LogP) is 4.97. The second kappa shape index (κ2) is 10.3. The van der Waals surface area contributed by atoms with Gasteiger partial charge in [-0.15, -0.1) is 0 Å². The molecule has 0 atom stereocenters. The molecule has 0 saturated carbocycles. The topological polar surface area (TPSA) is 55.8 Å². The molecule has 1 aromatic rings. The van der Waals surface area contributed by atoms with E-state index in [2.05, 4.69) is 12.2 Å². The van der Waals surface area contributed by atoms with Crippen LogP contribution >= 0.6 is 0 Å². The van der Waals surface area contributed by atoms with Gasteiger partial charge in [0.25, 0.3) is 0 Å². The van der Waals surface area contributed by atoms with Gasteiger partial charge in [-0.25, -0.2) is 4.79 Å². The summed E-state index contributed by atoms with van der Waals surface area (Å²) in [6.45, 7) is 0.313. The van der Waals surface area contributed by atoms with Crippen LogP contribution in [0, 0.1) is 0 Å². The lowest BCUT2D eigenvalue weighted by Crippen LogP contribution is -1.92. The summed E-state index contributed by atoms with van der Waals surface area (Å²) in [4.78, 5) is 10.3. The lowest BCUT2D eigenvalue weighted by Gasteiger charge is -1.98. The maximum atomic E-state index is 10.3. The summed E-state index contributed by atoms with van der Waals surface area (Å²) in [6, 6.07) is 5.99. The molecule has 0 saturated heterocycles. The quantitative estimate of drug-likeness (QED) is 0.374. The summed E-state index contributed by atoms with van der Waals surface area (Å²) in [5.74, 6) is 0.733. The number of carboxylic acid groups (broad SMARTS) is 1. The minimum atomic E-state index is -0.909. The van der Waals surface area contributed by atoms with Crippen LogP contribution in [0.2, 0.25) is 0 Å². The van der Waals surface area contributed by atoms with Crippen molar-refractivity contribution in [2.24, 2.45) is 0 Å². The molecule has 1 aliphatic rings. The van der Waals surface area contributed by atoms with E-state index in [0.717, 1.165) is 42.4 Å². The molecule has 1 aromatic carbocycles. The average Bonchev–Trinajstić information content (AvgIpc) is 3.03. The van der Waals surface area contributed by atoms with Crippen LogP contribution in [0.1, 0.15) is 44.1 Å². The van der Waals surface area contributed by atoms with E-state index in [9.17, 15) is 4.79 Å². The lowest BCUT2D eigenvalue weighted by atomic mass is 10.1. The monoisotopic (exact) mass is 328 g/mol. The molecule has 0 fully saturated rings. The molecule has 1 N–H and O–H groups in total. The molecule has 0 bridgehead atoms. The Kier molecular flexibility index (Phi) is 7.68. The van der Waals surface area contributed by atoms with Gasteiger partial charge in [-0.05, 0) is 43.4 Å². The molecule has 2 rings (SSSR count). The number of carbonyl (C=O) groups is 1. The van der Waals surface area contributed by atoms with Crippen molar-refractivity contribution < 1.29 is 19.4 Å². The fraction of sp³-hybridized carbons (Fsp3) is 0.350. The first-order chi connectivity index (χ1) is 11.8. The maximum absolute atomic E-state index is 10.3. The van der Waals surface area contributed by atoms with Crippen LogP contribution < -0.4 is 9.47 Å². The van der Waals surface area contributed by atoms with Gasteiger partial charge in [0, 0.05) is 6.08 Å². The summed E-state index contributed by atoms with van der Waals surface area (Å²) >= 11 is 0. The molecule has 4 nitrogen and oxygen atoms in total. The number of unbranched alkanes of at least 4 members (excludes halogenated alkanes) is 5. The van der Waals surface area contributed by atoms with E-state index >= 15 is 0 Å². The highest BCUT2D eigenvalue weighted by atomic mass is 16.7. The Balaban J connectivity index is 1.51. The second-order valence-corrected chi connectivity index (χ2v) is 5.63. The number of ether oxygens (including phenoxy) is 2. The fourth-order valence-corrected chi connectivity index (χ4v) is 2.43. The first-order valence-corrected chi connectivity index (χ1v) is 8.38. The average molecular weight is 328 g/mol. The number of fused-ring (bicyclic) bond motifs is 1. The minimum absolute atomic E-state index is 0.313. The summed E-state index contributed by atoms with van der Waals surface area (Å²) in [6.07, 6.45) is 17.6. The molecule has 0 unspecified atom stereocenters. The Bertz CT molecular complexity index is 614. The minimum Gasteiger partial charge on any atom is -0.478 e. The van der Waals surface area contributed by atoms with E-state index in [4.69, 9.17) is 14.6 Å². The van der Waals surface area contributed by atoms with Crippen molar-refractivity contribution in [2.45, 2.75) is 38.5 Å². The SMILES string of the molecule is O=C(O)/C=C/C=C/CCCCCC/C=C/c1ccc2c(c1)OCO2. The number of carboxylic acids is 1. The molecule has 0 spiro atoms. The Hall–Kier alpha value is -2.49. The second-order valence-electron chi connectivity index (χ2n) is 5.63. The smallest absolute Gasteiger partial charge is 0.328 e. The van der Waals surface area contributed by atoms with E-state index in [0.29, 0.717) is 6.79 Å². The highest BCUT2D eigenvalue weighted by Crippen LogP contribution is 2.32. The number of rotatable bonds is 10. The van der Waals surface area contributed by atoms with E-state index in [1.165, 1.54) is 19.3 Å². The van der Waals surface area contributed by atoms with Gasteiger partial charge in [0.2, 0.25) is 6.79 Å².